The van der Waals surface area contributed by atoms with Gasteiger partial charge >= 0.3 is 6.18 Å². The van der Waals surface area contributed by atoms with Gasteiger partial charge in [-0.15, -0.1) is 5.10 Å². The summed E-state index contributed by atoms with van der Waals surface area (Å²) in [6.45, 7) is -1.23. The molecule has 1 fully saturated rings. The first-order chi connectivity index (χ1) is 15.7. The van der Waals surface area contributed by atoms with Crippen molar-refractivity contribution in [1.29, 1.82) is 0 Å². The molecule has 2 aliphatic rings. The third kappa shape index (κ3) is 4.33. The third-order valence-electron chi connectivity index (χ3n) is 6.09. The van der Waals surface area contributed by atoms with E-state index in [1.165, 1.54) is 30.1 Å². The molecular formula is C22H19F4N5OS. The largest absolute Gasteiger partial charge is 0.409 e. The van der Waals surface area contributed by atoms with Crippen LogP contribution in [-0.2, 0) is 17.8 Å². The molecule has 0 amide bonds. The van der Waals surface area contributed by atoms with Crippen molar-refractivity contribution in [2.75, 3.05) is 0 Å². The van der Waals surface area contributed by atoms with Crippen molar-refractivity contribution in [3.8, 4) is 5.69 Å². The molecule has 2 aliphatic carbocycles. The molecule has 11 heteroatoms. The van der Waals surface area contributed by atoms with Gasteiger partial charge in [-0.3, -0.25) is 0 Å². The maximum atomic E-state index is 13.3. The molecule has 0 radical (unpaired) electrons. The summed E-state index contributed by atoms with van der Waals surface area (Å²) in [5, 5.41) is 12.5. The van der Waals surface area contributed by atoms with Crippen LogP contribution in [0, 0.1) is 11.2 Å². The Kier molecular flexibility index (Phi) is 5.38. The molecule has 1 aromatic carbocycles. The molecule has 6 nitrogen and oxygen atoms in total. The second-order valence-corrected chi connectivity index (χ2v) is 9.70. The summed E-state index contributed by atoms with van der Waals surface area (Å²) in [6.07, 6.45) is 4.17. The van der Waals surface area contributed by atoms with Crippen molar-refractivity contribution < 1.29 is 22.4 Å². The fraction of sp³-hybridized carbons (Fsp3) is 0.364. The lowest BCUT2D eigenvalue weighted by Gasteiger charge is -2.41. The molecule has 172 valence electrons. The molecule has 2 heterocycles. The van der Waals surface area contributed by atoms with Crippen molar-refractivity contribution in [3.63, 3.8) is 0 Å². The topological polar surface area (TPSA) is 65.6 Å². The predicted molar refractivity (Wildman–Crippen MR) is 113 cm³/mol. The molecule has 0 spiro atoms. The van der Waals surface area contributed by atoms with E-state index < -0.39 is 18.1 Å². The van der Waals surface area contributed by atoms with Gasteiger partial charge in [-0.2, -0.15) is 28.2 Å². The van der Waals surface area contributed by atoms with Crippen LogP contribution in [0.3, 0.4) is 0 Å². The van der Waals surface area contributed by atoms with Gasteiger partial charge in [0, 0.05) is 5.25 Å². The molecule has 0 N–H and O–H groups in total. The monoisotopic (exact) mass is 477 g/mol. The van der Waals surface area contributed by atoms with E-state index in [-0.39, 0.29) is 11.1 Å². The molecule has 2 aromatic heterocycles. The Labute approximate surface area is 190 Å². The van der Waals surface area contributed by atoms with Crippen molar-refractivity contribution in [2.24, 2.45) is 5.41 Å². The van der Waals surface area contributed by atoms with Crippen molar-refractivity contribution >= 4 is 24.1 Å². The average molecular weight is 477 g/mol. The SMILES string of the molecule is O=C[C@]12Cc3cnn(-c4ccc(F)cc4)c3C=C1CC[C@H](Sc1cnn(CC(F)(F)F)n1)C2. The van der Waals surface area contributed by atoms with E-state index in [4.69, 9.17) is 0 Å². The molecule has 2 atom stereocenters. The second kappa shape index (κ2) is 8.12. The minimum atomic E-state index is -4.38. The maximum absolute atomic E-state index is 13.3. The molecule has 33 heavy (non-hydrogen) atoms. The molecule has 3 aromatic rings. The predicted octanol–water partition coefficient (Wildman–Crippen LogP) is 4.63. The zero-order chi connectivity index (χ0) is 23.2. The number of carbonyl (C=O) groups excluding carboxylic acids is 1. The van der Waals surface area contributed by atoms with Crippen LogP contribution in [0.2, 0.25) is 0 Å². The number of benzene rings is 1. The van der Waals surface area contributed by atoms with Crippen LogP contribution in [0.4, 0.5) is 17.6 Å². The summed E-state index contributed by atoms with van der Waals surface area (Å²) < 4.78 is 52.7. The Balaban J connectivity index is 1.36. The fourth-order valence-corrected chi connectivity index (χ4v) is 5.80. The number of hydrogen-bond acceptors (Lipinski definition) is 5. The van der Waals surface area contributed by atoms with Gasteiger partial charge < -0.3 is 4.79 Å². The van der Waals surface area contributed by atoms with Gasteiger partial charge in [-0.05, 0) is 61.6 Å². The summed E-state index contributed by atoms with van der Waals surface area (Å²) in [4.78, 5) is 13.0. The number of hydrogen-bond donors (Lipinski definition) is 0. The Morgan fingerprint density at radius 3 is 2.70 bits per heavy atom. The van der Waals surface area contributed by atoms with Crippen molar-refractivity contribution in [1.82, 2.24) is 24.8 Å². The van der Waals surface area contributed by atoms with Crippen LogP contribution in [0.1, 0.15) is 30.5 Å². The summed E-state index contributed by atoms with van der Waals surface area (Å²) >= 11 is 1.36. The van der Waals surface area contributed by atoms with Crippen LogP contribution in [-0.4, -0.2) is 42.5 Å². The number of carbonyl (C=O) groups is 1. The van der Waals surface area contributed by atoms with E-state index in [2.05, 4.69) is 15.3 Å². The van der Waals surface area contributed by atoms with Crippen LogP contribution >= 0.6 is 11.8 Å². The number of aldehydes is 1. The van der Waals surface area contributed by atoms with Crippen LogP contribution in [0.15, 0.2) is 47.3 Å². The lowest BCUT2D eigenvalue weighted by atomic mass is 9.65. The molecular weight excluding hydrogens is 458 g/mol. The van der Waals surface area contributed by atoms with E-state index in [9.17, 15) is 22.4 Å². The highest BCUT2D eigenvalue weighted by molar-refractivity contribution is 7.99. The lowest BCUT2D eigenvalue weighted by molar-refractivity contribution is -0.145. The molecule has 0 saturated heterocycles. The Morgan fingerprint density at radius 1 is 1.18 bits per heavy atom. The van der Waals surface area contributed by atoms with Crippen LogP contribution < -0.4 is 0 Å². The maximum Gasteiger partial charge on any atom is 0.409 e. The molecule has 0 aliphatic heterocycles. The number of thioether (sulfide) groups is 1. The minimum Gasteiger partial charge on any atom is -0.302 e. The zero-order valence-electron chi connectivity index (χ0n) is 17.3. The molecule has 0 unspecified atom stereocenters. The van der Waals surface area contributed by atoms with Crippen molar-refractivity contribution in [2.45, 2.75) is 48.7 Å². The number of aromatic nitrogens is 5. The van der Waals surface area contributed by atoms with E-state index >= 15 is 0 Å². The van der Waals surface area contributed by atoms with Crippen LogP contribution in [0.25, 0.3) is 11.8 Å². The van der Waals surface area contributed by atoms with Gasteiger partial charge in [0.15, 0.2) is 6.54 Å². The van der Waals surface area contributed by atoms with Crippen molar-refractivity contribution in [3.05, 3.63) is 59.3 Å². The van der Waals surface area contributed by atoms with E-state index in [0.29, 0.717) is 29.1 Å². The smallest absolute Gasteiger partial charge is 0.302 e. The lowest BCUT2D eigenvalue weighted by Crippen LogP contribution is -2.37. The van der Waals surface area contributed by atoms with Gasteiger partial charge in [0.2, 0.25) is 0 Å². The summed E-state index contributed by atoms with van der Waals surface area (Å²) in [6, 6.07) is 6.06. The van der Waals surface area contributed by atoms with Gasteiger partial charge in [0.1, 0.15) is 17.1 Å². The Bertz CT molecular complexity index is 1220. The molecule has 1 saturated carbocycles. The first-order valence-corrected chi connectivity index (χ1v) is 11.3. The van der Waals surface area contributed by atoms with E-state index in [1.54, 1.807) is 23.0 Å². The summed E-state index contributed by atoms with van der Waals surface area (Å²) in [5.41, 5.74) is 2.89. The highest BCUT2D eigenvalue weighted by atomic mass is 32.2. The molecule has 5 rings (SSSR count). The third-order valence-corrected chi connectivity index (χ3v) is 7.25. The highest BCUT2D eigenvalue weighted by Gasteiger charge is 2.44. The minimum absolute atomic E-state index is 0.0251. The summed E-state index contributed by atoms with van der Waals surface area (Å²) in [5.74, 6) is -0.327. The quantitative estimate of drug-likeness (QED) is 0.396. The van der Waals surface area contributed by atoms with Gasteiger partial charge in [-0.1, -0.05) is 17.3 Å². The number of halogens is 4. The first-order valence-electron chi connectivity index (χ1n) is 10.4. The summed E-state index contributed by atoms with van der Waals surface area (Å²) in [7, 11) is 0. The first kappa shape index (κ1) is 21.9. The highest BCUT2D eigenvalue weighted by Crippen LogP contribution is 2.50. The number of alkyl halides is 3. The Morgan fingerprint density at radius 2 is 1.97 bits per heavy atom. The number of nitrogens with zero attached hydrogens (tertiary/aromatic N) is 5. The number of rotatable bonds is 5. The van der Waals surface area contributed by atoms with Gasteiger partial charge in [0.25, 0.3) is 0 Å². The van der Waals surface area contributed by atoms with Gasteiger partial charge in [0.05, 0.1) is 29.2 Å². The van der Waals surface area contributed by atoms with E-state index in [0.717, 1.165) is 35.2 Å². The number of fused-ring (bicyclic) bond motifs is 2. The van der Waals surface area contributed by atoms with Crippen LogP contribution in [0.5, 0.6) is 0 Å². The normalized spacial score (nSPS) is 22.4. The number of allylic oxidation sites excluding steroid dienone is 1. The Hall–Kier alpha value is -2.95. The second-order valence-electron chi connectivity index (χ2n) is 8.37. The van der Waals surface area contributed by atoms with Gasteiger partial charge in [-0.25, -0.2) is 9.07 Å². The molecule has 0 bridgehead atoms. The standard InChI is InChI=1S/C22H19F4N5OS/c23-16-2-4-17(5-3-16)31-19-7-15-1-6-18(9-21(15,13-32)8-14(19)10-28-31)33-20-11-27-30(29-20)12-22(24,25)26/h2-5,7,10-11,13,18H,1,6,8-9,12H2/t18-,21+/m0/s1. The zero-order valence-corrected chi connectivity index (χ0v) is 18.1. The fourth-order valence-electron chi connectivity index (χ4n) is 4.59. The van der Waals surface area contributed by atoms with E-state index in [1.807, 2.05) is 6.08 Å². The average Bonchev–Trinajstić information content (AvgIpc) is 3.37.